The molecule has 0 aliphatic carbocycles. The first-order valence-electron chi connectivity index (χ1n) is 6.12. The zero-order valence-electron chi connectivity index (χ0n) is 10.9. The van der Waals surface area contributed by atoms with Gasteiger partial charge in [-0.1, -0.05) is 15.9 Å². The second-order valence-corrected chi connectivity index (χ2v) is 5.15. The maximum absolute atomic E-state index is 5.70. The Morgan fingerprint density at radius 1 is 1.20 bits per heavy atom. The van der Waals surface area contributed by atoms with Gasteiger partial charge in [-0.15, -0.1) is 0 Å². The largest absolute Gasteiger partial charge is 0.378 e. The topological polar surface area (TPSA) is 115 Å². The van der Waals surface area contributed by atoms with Crippen LogP contribution in [0.15, 0.2) is 32.7 Å². The van der Waals surface area contributed by atoms with Gasteiger partial charge in [0.25, 0.3) is 0 Å². The van der Waals surface area contributed by atoms with Crippen LogP contribution in [0.5, 0.6) is 0 Å². The van der Waals surface area contributed by atoms with Gasteiger partial charge in [0.05, 0.1) is 24.6 Å². The van der Waals surface area contributed by atoms with Crippen LogP contribution in [0.3, 0.4) is 0 Å². The lowest BCUT2D eigenvalue weighted by Gasteiger charge is -2.29. The molecule has 0 aromatic heterocycles. The highest BCUT2D eigenvalue weighted by Crippen LogP contribution is 2.32. The molecule has 1 fully saturated rings. The van der Waals surface area contributed by atoms with Crippen LogP contribution in [-0.4, -0.2) is 38.2 Å². The molecule has 20 heavy (non-hydrogen) atoms. The van der Waals surface area contributed by atoms with E-state index in [1.807, 2.05) is 18.2 Å². The number of nitrogens with two attached hydrogens (primary N) is 3. The summed E-state index contributed by atoms with van der Waals surface area (Å²) < 4.78 is 6.26. The third-order valence-electron chi connectivity index (χ3n) is 2.77. The van der Waals surface area contributed by atoms with Crippen LogP contribution in [0, 0.1) is 0 Å². The second-order valence-electron chi connectivity index (χ2n) is 4.24. The number of aliphatic imine (C=N–C) groups is 2. The minimum Gasteiger partial charge on any atom is -0.378 e. The second kappa shape index (κ2) is 6.58. The quantitative estimate of drug-likeness (QED) is 0.535. The van der Waals surface area contributed by atoms with Gasteiger partial charge in [-0.3, -0.25) is 0 Å². The lowest BCUT2D eigenvalue weighted by molar-refractivity contribution is 0.123. The molecule has 0 spiro atoms. The number of morpholine rings is 1. The summed E-state index contributed by atoms with van der Waals surface area (Å²) >= 11 is 3.42. The van der Waals surface area contributed by atoms with Crippen LogP contribution in [0.4, 0.5) is 11.4 Å². The van der Waals surface area contributed by atoms with Crippen LogP contribution in [0.25, 0.3) is 0 Å². The minimum atomic E-state index is -0.117. The van der Waals surface area contributed by atoms with E-state index in [-0.39, 0.29) is 11.9 Å². The molecule has 0 saturated carbocycles. The zero-order chi connectivity index (χ0) is 14.5. The lowest BCUT2D eigenvalue weighted by atomic mass is 10.2. The van der Waals surface area contributed by atoms with Crippen molar-refractivity contribution in [1.29, 1.82) is 0 Å². The summed E-state index contributed by atoms with van der Waals surface area (Å²) in [4.78, 5) is 10.2. The van der Waals surface area contributed by atoms with Crippen molar-refractivity contribution in [1.82, 2.24) is 0 Å². The Morgan fingerprint density at radius 2 is 1.90 bits per heavy atom. The van der Waals surface area contributed by atoms with Gasteiger partial charge in [-0.25, -0.2) is 4.99 Å². The van der Waals surface area contributed by atoms with E-state index in [1.54, 1.807) is 0 Å². The van der Waals surface area contributed by atoms with E-state index in [0.717, 1.165) is 23.2 Å². The molecule has 6 N–H and O–H groups in total. The highest BCUT2D eigenvalue weighted by Gasteiger charge is 2.15. The maximum Gasteiger partial charge on any atom is 0.223 e. The summed E-state index contributed by atoms with van der Waals surface area (Å²) in [5, 5.41) is 0. The summed E-state index contributed by atoms with van der Waals surface area (Å²) in [5.74, 6) is -0.0909. The molecule has 2 rings (SSSR count). The summed E-state index contributed by atoms with van der Waals surface area (Å²) in [6.45, 7) is 3.02. The third kappa shape index (κ3) is 3.84. The smallest absolute Gasteiger partial charge is 0.223 e. The van der Waals surface area contributed by atoms with Gasteiger partial charge in [-0.2, -0.15) is 4.99 Å². The van der Waals surface area contributed by atoms with Crippen molar-refractivity contribution in [3.8, 4) is 0 Å². The summed E-state index contributed by atoms with van der Waals surface area (Å²) in [6, 6.07) is 5.82. The van der Waals surface area contributed by atoms with E-state index in [0.29, 0.717) is 18.9 Å². The molecule has 0 unspecified atom stereocenters. The van der Waals surface area contributed by atoms with Crippen molar-refractivity contribution >= 4 is 39.2 Å². The van der Waals surface area contributed by atoms with Crippen LogP contribution in [0.2, 0.25) is 0 Å². The number of nitrogens with zero attached hydrogens (tertiary/aromatic N) is 3. The number of hydrogen-bond acceptors (Lipinski definition) is 3. The third-order valence-corrected chi connectivity index (χ3v) is 3.26. The molecule has 1 aliphatic heterocycles. The Balaban J connectivity index is 2.35. The van der Waals surface area contributed by atoms with E-state index < -0.39 is 0 Å². The van der Waals surface area contributed by atoms with Crippen LogP contribution in [0.1, 0.15) is 0 Å². The molecule has 0 radical (unpaired) electrons. The molecule has 1 heterocycles. The van der Waals surface area contributed by atoms with E-state index in [1.165, 1.54) is 0 Å². The Morgan fingerprint density at radius 3 is 2.55 bits per heavy atom. The molecule has 1 saturated heterocycles. The van der Waals surface area contributed by atoms with Crippen LogP contribution in [-0.2, 0) is 4.74 Å². The SMILES string of the molecule is NC(N)=NC(N)=Nc1cc(Br)ccc1N1CCOCC1. The number of benzene rings is 1. The van der Waals surface area contributed by atoms with Gasteiger partial charge in [0.15, 0.2) is 5.96 Å². The summed E-state index contributed by atoms with van der Waals surface area (Å²) in [6.07, 6.45) is 0. The van der Waals surface area contributed by atoms with Crippen LogP contribution < -0.4 is 22.1 Å². The number of hydrogen-bond donors (Lipinski definition) is 3. The standard InChI is InChI=1S/C12H17BrN6O/c13-8-1-2-10(19-3-5-20-6-4-19)9(7-8)17-12(16)18-11(14)15/h1-2,7H,3-6H2,(H6,14,15,16,17,18). The monoisotopic (exact) mass is 340 g/mol. The van der Waals surface area contributed by atoms with Gasteiger partial charge in [-0.05, 0) is 18.2 Å². The predicted molar refractivity (Wildman–Crippen MR) is 84.3 cm³/mol. The highest BCUT2D eigenvalue weighted by atomic mass is 79.9. The molecule has 1 aromatic rings. The highest BCUT2D eigenvalue weighted by molar-refractivity contribution is 9.10. The van der Waals surface area contributed by atoms with Gasteiger partial charge in [0, 0.05) is 17.6 Å². The zero-order valence-corrected chi connectivity index (χ0v) is 12.5. The van der Waals surface area contributed by atoms with Gasteiger partial charge < -0.3 is 26.8 Å². The van der Waals surface area contributed by atoms with Crippen molar-refractivity contribution in [3.63, 3.8) is 0 Å². The fraction of sp³-hybridized carbons (Fsp3) is 0.333. The Kier molecular flexibility index (Phi) is 4.80. The first-order valence-corrected chi connectivity index (χ1v) is 6.91. The molecular formula is C12H17BrN6O. The number of ether oxygens (including phenoxy) is 1. The molecule has 108 valence electrons. The first kappa shape index (κ1) is 14.6. The molecule has 7 nitrogen and oxygen atoms in total. The lowest BCUT2D eigenvalue weighted by Crippen LogP contribution is -2.36. The number of anilines is 1. The Bertz CT molecular complexity index is 535. The average molecular weight is 341 g/mol. The normalized spacial score (nSPS) is 16.1. The average Bonchev–Trinajstić information content (AvgIpc) is 2.39. The van der Waals surface area contributed by atoms with Crippen LogP contribution >= 0.6 is 15.9 Å². The maximum atomic E-state index is 5.70. The molecule has 0 bridgehead atoms. The molecule has 8 heteroatoms. The predicted octanol–water partition coefficient (Wildman–Crippen LogP) is 0.505. The van der Waals surface area contributed by atoms with Crippen molar-refractivity contribution in [3.05, 3.63) is 22.7 Å². The number of halogens is 1. The number of guanidine groups is 2. The van der Waals surface area contributed by atoms with Gasteiger partial charge in [0.1, 0.15) is 0 Å². The van der Waals surface area contributed by atoms with Crippen molar-refractivity contribution < 1.29 is 4.74 Å². The first-order chi connectivity index (χ1) is 9.56. The van der Waals surface area contributed by atoms with Crippen molar-refractivity contribution in [2.45, 2.75) is 0 Å². The van der Waals surface area contributed by atoms with Crippen molar-refractivity contribution in [2.24, 2.45) is 27.2 Å². The minimum absolute atomic E-state index is 0.0256. The Labute approximate surface area is 125 Å². The molecular weight excluding hydrogens is 324 g/mol. The summed E-state index contributed by atoms with van der Waals surface area (Å²) in [7, 11) is 0. The molecule has 0 atom stereocenters. The fourth-order valence-electron chi connectivity index (χ4n) is 1.94. The van der Waals surface area contributed by atoms with Gasteiger partial charge >= 0.3 is 0 Å². The number of rotatable bonds is 2. The van der Waals surface area contributed by atoms with Gasteiger partial charge in [0.2, 0.25) is 5.96 Å². The molecule has 0 amide bonds. The summed E-state index contributed by atoms with van der Waals surface area (Å²) in [5.41, 5.74) is 18.0. The van der Waals surface area contributed by atoms with E-state index >= 15 is 0 Å². The molecule has 1 aromatic carbocycles. The van der Waals surface area contributed by atoms with Crippen molar-refractivity contribution in [2.75, 3.05) is 31.2 Å². The fourth-order valence-corrected chi connectivity index (χ4v) is 2.29. The Hall–Kier alpha value is -1.80. The van der Waals surface area contributed by atoms with E-state index in [4.69, 9.17) is 21.9 Å². The van der Waals surface area contributed by atoms with E-state index in [2.05, 4.69) is 30.8 Å². The van der Waals surface area contributed by atoms with E-state index in [9.17, 15) is 0 Å². The molecule has 1 aliphatic rings.